The van der Waals surface area contributed by atoms with Gasteiger partial charge >= 0.3 is 0 Å². The zero-order chi connectivity index (χ0) is 9.31. The number of nitriles is 1. The van der Waals surface area contributed by atoms with Crippen LogP contribution in [0, 0.1) is 17.2 Å². The van der Waals surface area contributed by atoms with Gasteiger partial charge in [0.25, 0.3) is 0 Å². The third kappa shape index (κ3) is 1.21. The summed E-state index contributed by atoms with van der Waals surface area (Å²) in [4.78, 5) is 4.26. The Balaban J connectivity index is 2.31. The summed E-state index contributed by atoms with van der Waals surface area (Å²) >= 11 is 0. The zero-order valence-electron chi connectivity index (χ0n) is 7.70. The van der Waals surface area contributed by atoms with Gasteiger partial charge in [0.15, 0.2) is 0 Å². The molecule has 0 unspecified atom stereocenters. The third-order valence-electron chi connectivity index (χ3n) is 2.76. The summed E-state index contributed by atoms with van der Waals surface area (Å²) < 4.78 is 0. The zero-order valence-corrected chi connectivity index (χ0v) is 7.70. The van der Waals surface area contributed by atoms with Crippen molar-refractivity contribution in [3.63, 3.8) is 0 Å². The summed E-state index contributed by atoms with van der Waals surface area (Å²) in [7, 11) is 0. The normalized spacial score (nSPS) is 31.8. The fraction of sp³-hybridized carbons (Fsp3) is 0.455. The van der Waals surface area contributed by atoms with E-state index in [1.165, 1.54) is 0 Å². The number of hydrogen-bond acceptors (Lipinski definition) is 2. The van der Waals surface area contributed by atoms with Crippen molar-refractivity contribution in [2.45, 2.75) is 25.2 Å². The van der Waals surface area contributed by atoms with Crippen LogP contribution >= 0.6 is 0 Å². The maximum Gasteiger partial charge on any atom is 0.0998 e. The Morgan fingerprint density at radius 2 is 2.31 bits per heavy atom. The summed E-state index contributed by atoms with van der Waals surface area (Å²) in [6, 6.07) is 8.19. The first-order valence-corrected chi connectivity index (χ1v) is 4.60. The minimum atomic E-state index is -0.277. The molecule has 0 aromatic carbocycles. The van der Waals surface area contributed by atoms with Crippen LogP contribution in [-0.4, -0.2) is 4.98 Å². The number of rotatable bonds is 1. The van der Waals surface area contributed by atoms with E-state index in [0.29, 0.717) is 5.92 Å². The van der Waals surface area contributed by atoms with Crippen LogP contribution in [0.15, 0.2) is 24.4 Å². The van der Waals surface area contributed by atoms with Gasteiger partial charge in [0, 0.05) is 6.20 Å². The van der Waals surface area contributed by atoms with Gasteiger partial charge in [0.05, 0.1) is 17.2 Å². The Kier molecular flexibility index (Phi) is 1.81. The largest absolute Gasteiger partial charge is 0.260 e. The maximum absolute atomic E-state index is 9.12. The topological polar surface area (TPSA) is 36.7 Å². The first kappa shape index (κ1) is 8.25. The van der Waals surface area contributed by atoms with E-state index in [4.69, 9.17) is 5.26 Å². The van der Waals surface area contributed by atoms with Crippen molar-refractivity contribution >= 4 is 0 Å². The van der Waals surface area contributed by atoms with E-state index in [1.807, 2.05) is 18.2 Å². The summed E-state index contributed by atoms with van der Waals surface area (Å²) in [6.07, 6.45) is 3.68. The van der Waals surface area contributed by atoms with Crippen LogP contribution in [0.4, 0.5) is 0 Å². The number of pyridine rings is 1. The van der Waals surface area contributed by atoms with Crippen molar-refractivity contribution in [3.8, 4) is 6.07 Å². The van der Waals surface area contributed by atoms with E-state index >= 15 is 0 Å². The average Bonchev–Trinajstić information content (AvgIpc) is 2.14. The predicted octanol–water partition coefficient (Wildman–Crippen LogP) is 2.27. The van der Waals surface area contributed by atoms with E-state index in [0.717, 1.165) is 18.5 Å². The molecule has 2 heteroatoms. The van der Waals surface area contributed by atoms with Crippen LogP contribution in [0.3, 0.4) is 0 Å². The Hall–Kier alpha value is -1.36. The molecule has 1 aromatic rings. The first-order valence-electron chi connectivity index (χ1n) is 4.60. The number of aromatic nitrogens is 1. The molecule has 66 valence electrons. The smallest absolute Gasteiger partial charge is 0.0998 e. The monoisotopic (exact) mass is 172 g/mol. The molecule has 1 aliphatic rings. The molecule has 1 saturated carbocycles. The molecule has 0 amide bonds. The fourth-order valence-corrected chi connectivity index (χ4v) is 2.13. The fourth-order valence-electron chi connectivity index (χ4n) is 2.13. The standard InChI is InChI=1S/C11H12N2/c1-9-6-11(7-9,8-12)10-4-2-3-5-13-10/h2-5,9H,6-7H2,1H3. The Morgan fingerprint density at radius 1 is 1.54 bits per heavy atom. The molecule has 13 heavy (non-hydrogen) atoms. The molecular formula is C11H12N2. The molecular weight excluding hydrogens is 160 g/mol. The van der Waals surface area contributed by atoms with Crippen molar-refractivity contribution in [2.24, 2.45) is 5.92 Å². The number of nitrogens with zero attached hydrogens (tertiary/aromatic N) is 2. The SMILES string of the molecule is CC1CC(C#N)(c2ccccn2)C1. The van der Waals surface area contributed by atoms with Gasteiger partial charge in [0.2, 0.25) is 0 Å². The van der Waals surface area contributed by atoms with Gasteiger partial charge in [-0.2, -0.15) is 5.26 Å². The summed E-state index contributed by atoms with van der Waals surface area (Å²) in [5.74, 6) is 0.668. The Labute approximate surface area is 78.2 Å². The van der Waals surface area contributed by atoms with Crippen LogP contribution in [0.1, 0.15) is 25.5 Å². The summed E-state index contributed by atoms with van der Waals surface area (Å²) in [5, 5.41) is 9.12. The highest BCUT2D eigenvalue weighted by molar-refractivity contribution is 5.30. The molecule has 0 aliphatic heterocycles. The van der Waals surface area contributed by atoms with Crippen LogP contribution in [-0.2, 0) is 5.41 Å². The van der Waals surface area contributed by atoms with Crippen LogP contribution in [0.2, 0.25) is 0 Å². The molecule has 1 aromatic heterocycles. The van der Waals surface area contributed by atoms with Gasteiger partial charge in [-0.1, -0.05) is 13.0 Å². The second-order valence-corrected chi connectivity index (χ2v) is 3.92. The lowest BCUT2D eigenvalue weighted by Crippen LogP contribution is -2.39. The van der Waals surface area contributed by atoms with Crippen LogP contribution in [0.5, 0.6) is 0 Å². The molecule has 0 radical (unpaired) electrons. The van der Waals surface area contributed by atoms with E-state index in [9.17, 15) is 0 Å². The second-order valence-electron chi connectivity index (χ2n) is 3.92. The summed E-state index contributed by atoms with van der Waals surface area (Å²) in [5.41, 5.74) is 0.663. The highest BCUT2D eigenvalue weighted by atomic mass is 14.7. The molecule has 1 fully saturated rings. The predicted molar refractivity (Wildman–Crippen MR) is 49.9 cm³/mol. The Morgan fingerprint density at radius 3 is 2.77 bits per heavy atom. The highest BCUT2D eigenvalue weighted by Gasteiger charge is 2.44. The third-order valence-corrected chi connectivity index (χ3v) is 2.76. The molecule has 1 aliphatic carbocycles. The highest BCUT2D eigenvalue weighted by Crippen LogP contribution is 2.46. The maximum atomic E-state index is 9.12. The van der Waals surface area contributed by atoms with Gasteiger partial charge in [-0.05, 0) is 30.9 Å². The molecule has 0 bridgehead atoms. The van der Waals surface area contributed by atoms with Crippen molar-refractivity contribution in [2.75, 3.05) is 0 Å². The molecule has 0 atom stereocenters. The molecule has 1 heterocycles. The van der Waals surface area contributed by atoms with Crippen LogP contribution < -0.4 is 0 Å². The lowest BCUT2D eigenvalue weighted by Gasteiger charge is -2.40. The van der Waals surface area contributed by atoms with Gasteiger partial charge in [-0.25, -0.2) is 0 Å². The van der Waals surface area contributed by atoms with E-state index in [2.05, 4.69) is 18.0 Å². The molecule has 2 rings (SSSR count). The molecule has 0 spiro atoms. The van der Waals surface area contributed by atoms with Gasteiger partial charge < -0.3 is 0 Å². The van der Waals surface area contributed by atoms with Gasteiger partial charge in [-0.3, -0.25) is 4.98 Å². The average molecular weight is 172 g/mol. The quantitative estimate of drug-likeness (QED) is 0.651. The molecule has 2 nitrogen and oxygen atoms in total. The van der Waals surface area contributed by atoms with Crippen molar-refractivity contribution in [3.05, 3.63) is 30.1 Å². The van der Waals surface area contributed by atoms with E-state index in [1.54, 1.807) is 6.20 Å². The second kappa shape index (κ2) is 2.85. The van der Waals surface area contributed by atoms with Gasteiger partial charge in [0.1, 0.15) is 0 Å². The summed E-state index contributed by atoms with van der Waals surface area (Å²) in [6.45, 7) is 2.18. The lowest BCUT2D eigenvalue weighted by molar-refractivity contribution is 0.212. The van der Waals surface area contributed by atoms with E-state index in [-0.39, 0.29) is 5.41 Å². The van der Waals surface area contributed by atoms with Crippen LogP contribution in [0.25, 0.3) is 0 Å². The Bertz CT molecular complexity index is 331. The van der Waals surface area contributed by atoms with Crippen molar-refractivity contribution in [1.82, 2.24) is 4.98 Å². The van der Waals surface area contributed by atoms with Crippen molar-refractivity contribution < 1.29 is 0 Å². The van der Waals surface area contributed by atoms with Crippen molar-refractivity contribution in [1.29, 1.82) is 5.26 Å². The number of hydrogen-bond donors (Lipinski definition) is 0. The molecule has 0 saturated heterocycles. The molecule has 0 N–H and O–H groups in total. The van der Waals surface area contributed by atoms with E-state index < -0.39 is 0 Å². The minimum absolute atomic E-state index is 0.277. The van der Waals surface area contributed by atoms with Gasteiger partial charge in [-0.15, -0.1) is 0 Å². The first-order chi connectivity index (χ1) is 6.27. The minimum Gasteiger partial charge on any atom is -0.260 e. The lowest BCUT2D eigenvalue weighted by atomic mass is 9.62.